The summed E-state index contributed by atoms with van der Waals surface area (Å²) in [4.78, 5) is 8.89. The van der Waals surface area contributed by atoms with E-state index in [0.29, 0.717) is 11.8 Å². The molecule has 112 valence electrons. The Kier molecular flexibility index (Phi) is 7.38. The fourth-order valence-corrected chi connectivity index (χ4v) is 3.33. The highest BCUT2D eigenvalue weighted by Crippen LogP contribution is 2.19. The quantitative estimate of drug-likeness (QED) is 0.728. The molecule has 0 unspecified atom stereocenters. The van der Waals surface area contributed by atoms with Crippen LogP contribution in [-0.4, -0.2) is 9.97 Å². The van der Waals surface area contributed by atoms with Gasteiger partial charge in [0.25, 0.3) is 0 Å². The first-order valence-electron chi connectivity index (χ1n) is 7.36. The summed E-state index contributed by atoms with van der Waals surface area (Å²) < 4.78 is 0. The second-order valence-electron chi connectivity index (χ2n) is 5.36. The zero-order valence-corrected chi connectivity index (χ0v) is 15.1. The number of aryl methyl sites for hydroxylation is 2. The van der Waals surface area contributed by atoms with Crippen LogP contribution in [0.3, 0.4) is 0 Å². The third kappa shape index (κ3) is 5.33. The van der Waals surface area contributed by atoms with Crippen molar-refractivity contribution < 1.29 is 0 Å². The van der Waals surface area contributed by atoms with E-state index in [1.54, 1.807) is 22.7 Å². The number of aromatic nitrogens is 2. The lowest BCUT2D eigenvalue weighted by atomic mass is 10.2. The molecule has 0 radical (unpaired) electrons. The van der Waals surface area contributed by atoms with E-state index in [0.717, 1.165) is 12.8 Å². The molecular formula is C16H26N2S2. The number of nitrogens with zero attached hydrogens (tertiary/aromatic N) is 2. The zero-order valence-electron chi connectivity index (χ0n) is 13.4. The number of hydrogen-bond donors (Lipinski definition) is 0. The third-order valence-electron chi connectivity index (χ3n) is 2.89. The van der Waals surface area contributed by atoms with Crippen LogP contribution in [0.15, 0.2) is 10.8 Å². The van der Waals surface area contributed by atoms with Crippen molar-refractivity contribution in [3.63, 3.8) is 0 Å². The topological polar surface area (TPSA) is 25.8 Å². The molecular weight excluding hydrogens is 284 g/mol. The molecule has 0 N–H and O–H groups in total. The normalized spacial score (nSPS) is 10.8. The van der Waals surface area contributed by atoms with Crippen LogP contribution in [0.1, 0.15) is 74.8 Å². The maximum atomic E-state index is 4.45. The summed E-state index contributed by atoms with van der Waals surface area (Å²) in [6, 6.07) is 0. The van der Waals surface area contributed by atoms with Crippen LogP contribution in [0, 0.1) is 0 Å². The molecule has 0 saturated heterocycles. The van der Waals surface area contributed by atoms with Crippen molar-refractivity contribution in [3.05, 3.63) is 32.2 Å². The molecule has 2 aromatic rings. The van der Waals surface area contributed by atoms with Gasteiger partial charge in [-0.3, -0.25) is 0 Å². The van der Waals surface area contributed by atoms with Crippen LogP contribution in [0.2, 0.25) is 0 Å². The van der Waals surface area contributed by atoms with Crippen molar-refractivity contribution >= 4 is 22.7 Å². The molecule has 2 rings (SSSR count). The van der Waals surface area contributed by atoms with Gasteiger partial charge in [0.15, 0.2) is 0 Å². The highest BCUT2D eigenvalue weighted by molar-refractivity contribution is 7.10. The molecule has 0 aliphatic rings. The Balaban J connectivity index is 0.000000200. The first-order chi connectivity index (χ1) is 9.47. The molecule has 0 atom stereocenters. The zero-order chi connectivity index (χ0) is 15.1. The Labute approximate surface area is 131 Å². The lowest BCUT2D eigenvalue weighted by Crippen LogP contribution is -1.87. The molecule has 20 heavy (non-hydrogen) atoms. The molecule has 0 aliphatic carbocycles. The monoisotopic (exact) mass is 310 g/mol. The summed E-state index contributed by atoms with van der Waals surface area (Å²) in [6.45, 7) is 13.0. The molecule has 2 heterocycles. The maximum Gasteiger partial charge on any atom is 0.0953 e. The number of rotatable bonds is 4. The average Bonchev–Trinajstić information content (AvgIpc) is 3.08. The molecule has 2 aromatic heterocycles. The van der Waals surface area contributed by atoms with Gasteiger partial charge < -0.3 is 0 Å². The van der Waals surface area contributed by atoms with Gasteiger partial charge in [-0.25, -0.2) is 9.97 Å². The highest BCUT2D eigenvalue weighted by Gasteiger charge is 2.03. The van der Waals surface area contributed by atoms with Crippen molar-refractivity contribution in [3.8, 4) is 0 Å². The van der Waals surface area contributed by atoms with Crippen LogP contribution < -0.4 is 0 Å². The van der Waals surface area contributed by atoms with Gasteiger partial charge >= 0.3 is 0 Å². The fourth-order valence-electron chi connectivity index (χ4n) is 1.50. The van der Waals surface area contributed by atoms with Crippen molar-refractivity contribution in [2.45, 2.75) is 66.2 Å². The second-order valence-corrected chi connectivity index (χ2v) is 7.19. The molecule has 0 aliphatic heterocycles. The smallest absolute Gasteiger partial charge is 0.0953 e. The highest BCUT2D eigenvalue weighted by atomic mass is 32.1. The standard InChI is InChI=1S/2C8H13NS/c1-4-8-9-7(5-10-8)6(2)3;1-4-7-5-10-8(9-7)6(2)3/h2*5-6H,4H2,1-3H3. The van der Waals surface area contributed by atoms with Crippen LogP contribution in [0.25, 0.3) is 0 Å². The summed E-state index contributed by atoms with van der Waals surface area (Å²) in [5.41, 5.74) is 2.47. The molecule has 0 saturated carbocycles. The van der Waals surface area contributed by atoms with E-state index in [9.17, 15) is 0 Å². The van der Waals surface area contributed by atoms with Gasteiger partial charge in [-0.1, -0.05) is 41.5 Å². The molecule has 0 fully saturated rings. The Hall–Kier alpha value is -0.740. The minimum atomic E-state index is 0.580. The van der Waals surface area contributed by atoms with Crippen LogP contribution in [0.4, 0.5) is 0 Å². The van der Waals surface area contributed by atoms with E-state index in [2.05, 4.69) is 62.3 Å². The predicted octanol–water partition coefficient (Wildman–Crippen LogP) is 5.66. The van der Waals surface area contributed by atoms with Crippen molar-refractivity contribution in [2.24, 2.45) is 0 Å². The Bertz CT molecular complexity index is 452. The van der Waals surface area contributed by atoms with E-state index in [4.69, 9.17) is 0 Å². The van der Waals surface area contributed by atoms with Gasteiger partial charge in [0.2, 0.25) is 0 Å². The Morgan fingerprint density at radius 1 is 0.900 bits per heavy atom. The van der Waals surface area contributed by atoms with Crippen LogP contribution in [0.5, 0.6) is 0 Å². The van der Waals surface area contributed by atoms with Crippen LogP contribution in [-0.2, 0) is 12.8 Å². The van der Waals surface area contributed by atoms with E-state index in [1.807, 2.05) is 0 Å². The van der Waals surface area contributed by atoms with E-state index in [1.165, 1.54) is 21.4 Å². The largest absolute Gasteiger partial charge is 0.246 e. The lowest BCUT2D eigenvalue weighted by Gasteiger charge is -1.95. The average molecular weight is 311 g/mol. The van der Waals surface area contributed by atoms with E-state index < -0.39 is 0 Å². The predicted molar refractivity (Wildman–Crippen MR) is 91.2 cm³/mol. The molecule has 0 aromatic carbocycles. The first kappa shape index (κ1) is 17.3. The summed E-state index contributed by atoms with van der Waals surface area (Å²) >= 11 is 3.54. The van der Waals surface area contributed by atoms with Gasteiger partial charge in [0.1, 0.15) is 0 Å². The third-order valence-corrected chi connectivity index (χ3v) is 5.09. The van der Waals surface area contributed by atoms with Crippen molar-refractivity contribution in [1.29, 1.82) is 0 Å². The summed E-state index contributed by atoms with van der Waals surface area (Å²) in [5.74, 6) is 1.17. The Morgan fingerprint density at radius 2 is 1.60 bits per heavy atom. The van der Waals surface area contributed by atoms with Crippen molar-refractivity contribution in [2.75, 3.05) is 0 Å². The van der Waals surface area contributed by atoms with Gasteiger partial charge in [0.05, 0.1) is 21.4 Å². The van der Waals surface area contributed by atoms with Crippen molar-refractivity contribution in [1.82, 2.24) is 9.97 Å². The lowest BCUT2D eigenvalue weighted by molar-refractivity contribution is 0.823. The van der Waals surface area contributed by atoms with Gasteiger partial charge in [-0.15, -0.1) is 22.7 Å². The molecule has 2 nitrogen and oxygen atoms in total. The summed E-state index contributed by atoms with van der Waals surface area (Å²) in [5, 5.41) is 6.82. The minimum Gasteiger partial charge on any atom is -0.246 e. The SMILES string of the molecule is CCc1csc(C(C)C)n1.CCc1nc(C(C)C)cs1. The van der Waals surface area contributed by atoms with Gasteiger partial charge in [-0.2, -0.15) is 0 Å². The van der Waals surface area contributed by atoms with Gasteiger partial charge in [-0.05, 0) is 18.8 Å². The number of thiazole rings is 2. The van der Waals surface area contributed by atoms with E-state index >= 15 is 0 Å². The first-order valence-corrected chi connectivity index (χ1v) is 9.12. The van der Waals surface area contributed by atoms with Gasteiger partial charge in [0, 0.05) is 16.7 Å². The molecule has 4 heteroatoms. The second kappa shape index (κ2) is 8.53. The maximum absolute atomic E-state index is 4.45. The molecule has 0 spiro atoms. The minimum absolute atomic E-state index is 0.580. The summed E-state index contributed by atoms with van der Waals surface area (Å²) in [6.07, 6.45) is 2.13. The van der Waals surface area contributed by atoms with Crippen LogP contribution >= 0.6 is 22.7 Å². The number of hydrogen-bond acceptors (Lipinski definition) is 4. The molecule has 0 bridgehead atoms. The van der Waals surface area contributed by atoms with E-state index in [-0.39, 0.29) is 0 Å². The Morgan fingerprint density at radius 3 is 1.90 bits per heavy atom. The summed E-state index contributed by atoms with van der Waals surface area (Å²) in [7, 11) is 0. The fraction of sp³-hybridized carbons (Fsp3) is 0.625. The molecule has 0 amide bonds.